The highest BCUT2D eigenvalue weighted by atomic mass is 35.5. The predicted molar refractivity (Wildman–Crippen MR) is 184 cm³/mol. The van der Waals surface area contributed by atoms with Crippen LogP contribution in [0.1, 0.15) is 56.2 Å². The van der Waals surface area contributed by atoms with E-state index in [1.807, 2.05) is 41.0 Å². The predicted octanol–water partition coefficient (Wildman–Crippen LogP) is 7.00. The number of aryl methyl sites for hydroxylation is 1. The van der Waals surface area contributed by atoms with Crippen LogP contribution in [0.2, 0.25) is 5.02 Å². The van der Waals surface area contributed by atoms with Crippen molar-refractivity contribution in [1.82, 2.24) is 20.4 Å². The van der Waals surface area contributed by atoms with Crippen molar-refractivity contribution in [2.24, 2.45) is 0 Å². The maximum atomic E-state index is 8.65. The Morgan fingerprint density at radius 3 is 1.39 bits per heavy atom. The largest absolute Gasteiger partial charge is 0.339 e. The van der Waals surface area contributed by atoms with Crippen LogP contribution in [0.5, 0.6) is 0 Å². The van der Waals surface area contributed by atoms with Crippen LogP contribution in [0.15, 0.2) is 72.8 Å². The van der Waals surface area contributed by atoms with Crippen LogP contribution in [0, 0.1) is 28.6 Å². The number of guanidine groups is 4. The van der Waals surface area contributed by atoms with Gasteiger partial charge in [0, 0.05) is 42.6 Å². The number of anilines is 2. The topological polar surface area (TPSA) is 150 Å². The molecule has 0 atom stereocenters. The normalized spacial score (nSPS) is 10.5. The van der Waals surface area contributed by atoms with Crippen LogP contribution < -0.4 is 21.3 Å². The molecule has 0 aromatic heterocycles. The molecule has 3 aromatic rings. The van der Waals surface area contributed by atoms with E-state index in [4.69, 9.17) is 33.2 Å². The quantitative estimate of drug-likeness (QED) is 0.0811. The summed E-state index contributed by atoms with van der Waals surface area (Å²) in [6.45, 7) is 8.71. The molecule has 3 rings (SSSR count). The molecule has 0 aliphatic carbocycles. The second-order valence-corrected chi connectivity index (χ2v) is 11.1. The highest BCUT2D eigenvalue weighted by molar-refractivity contribution is 6.30. The molecule has 0 radical (unpaired) electrons. The third-order valence-electron chi connectivity index (χ3n) is 6.89. The number of nitrogens with one attached hydrogen (secondary N) is 8. The van der Waals surface area contributed by atoms with E-state index in [0.29, 0.717) is 36.9 Å². The number of halogens is 1. The molecular weight excluding hydrogens is 572 g/mol. The lowest BCUT2D eigenvalue weighted by Gasteiger charge is -2.27. The maximum Gasteiger partial charge on any atom is 0.199 e. The van der Waals surface area contributed by atoms with Crippen molar-refractivity contribution in [1.29, 1.82) is 21.6 Å². The van der Waals surface area contributed by atoms with Gasteiger partial charge in [-0.15, -0.1) is 0 Å². The minimum absolute atomic E-state index is 0.0135. The molecular formula is C33H45ClN10. The summed E-state index contributed by atoms with van der Waals surface area (Å²) in [7, 11) is 0. The van der Waals surface area contributed by atoms with Crippen LogP contribution in [-0.2, 0) is 13.1 Å². The van der Waals surface area contributed by atoms with Gasteiger partial charge < -0.3 is 20.4 Å². The fourth-order valence-corrected chi connectivity index (χ4v) is 4.47. The minimum Gasteiger partial charge on any atom is -0.339 e. The van der Waals surface area contributed by atoms with E-state index in [-0.39, 0.29) is 23.8 Å². The Bertz CT molecular complexity index is 1260. The SMILES string of the molecule is CCCCN(Cc1ccc(CN(CCCC)C(=N)NC(=N)Nc2ccc(Cl)cc2)cc1)C(=N)NC(=N)Nc1ccc(C)cc1. The zero-order valence-electron chi connectivity index (χ0n) is 25.9. The minimum atomic E-state index is 0.0135. The molecule has 10 nitrogen and oxygen atoms in total. The summed E-state index contributed by atoms with van der Waals surface area (Å²) < 4.78 is 0. The number of nitrogens with zero attached hydrogens (tertiary/aromatic N) is 2. The summed E-state index contributed by atoms with van der Waals surface area (Å²) in [5.74, 6) is 0.392. The number of hydrogen-bond donors (Lipinski definition) is 8. The molecule has 0 saturated heterocycles. The smallest absolute Gasteiger partial charge is 0.199 e. The third kappa shape index (κ3) is 11.6. The van der Waals surface area contributed by atoms with Gasteiger partial charge in [-0.2, -0.15) is 0 Å². The van der Waals surface area contributed by atoms with Crippen molar-refractivity contribution in [2.75, 3.05) is 23.7 Å². The summed E-state index contributed by atoms with van der Waals surface area (Å²) in [5, 5.41) is 46.2. The fourth-order valence-electron chi connectivity index (χ4n) is 4.34. The lowest BCUT2D eigenvalue weighted by molar-refractivity contribution is 0.387. The van der Waals surface area contributed by atoms with Gasteiger partial charge in [-0.25, -0.2) is 0 Å². The molecule has 234 valence electrons. The van der Waals surface area contributed by atoms with Crippen LogP contribution in [0.4, 0.5) is 11.4 Å². The van der Waals surface area contributed by atoms with Crippen LogP contribution >= 0.6 is 11.6 Å². The van der Waals surface area contributed by atoms with Crippen LogP contribution in [0.25, 0.3) is 0 Å². The number of benzene rings is 3. The Labute approximate surface area is 266 Å². The second-order valence-electron chi connectivity index (χ2n) is 10.7. The maximum absolute atomic E-state index is 8.65. The van der Waals surface area contributed by atoms with E-state index in [1.54, 1.807) is 24.3 Å². The molecule has 0 heterocycles. The monoisotopic (exact) mass is 616 g/mol. The Balaban J connectivity index is 1.59. The zero-order valence-corrected chi connectivity index (χ0v) is 26.6. The molecule has 0 aliphatic rings. The van der Waals surface area contributed by atoms with Crippen molar-refractivity contribution >= 4 is 46.8 Å². The molecule has 0 saturated carbocycles. The van der Waals surface area contributed by atoms with Crippen molar-refractivity contribution < 1.29 is 0 Å². The molecule has 44 heavy (non-hydrogen) atoms. The average Bonchev–Trinajstić information content (AvgIpc) is 3.00. The Morgan fingerprint density at radius 2 is 1.00 bits per heavy atom. The molecule has 0 spiro atoms. The average molecular weight is 617 g/mol. The van der Waals surface area contributed by atoms with E-state index < -0.39 is 0 Å². The molecule has 0 bridgehead atoms. The van der Waals surface area contributed by atoms with Crippen molar-refractivity contribution in [3.05, 3.63) is 94.5 Å². The summed E-state index contributed by atoms with van der Waals surface area (Å²) in [4.78, 5) is 3.87. The highest BCUT2D eigenvalue weighted by Gasteiger charge is 2.14. The van der Waals surface area contributed by atoms with Gasteiger partial charge in [-0.05, 0) is 67.3 Å². The lowest BCUT2D eigenvalue weighted by atomic mass is 10.1. The van der Waals surface area contributed by atoms with Gasteiger partial charge in [0.25, 0.3) is 0 Å². The van der Waals surface area contributed by atoms with Crippen molar-refractivity contribution in [2.45, 2.75) is 59.5 Å². The first kappa shape index (κ1) is 33.9. The van der Waals surface area contributed by atoms with E-state index in [0.717, 1.165) is 48.1 Å². The lowest BCUT2D eigenvalue weighted by Crippen LogP contribution is -2.45. The standard InChI is InChI=1S/C33H45ClN10/c1-4-6-20-43(32(37)41-30(35)39-28-16-8-24(3)9-17-28)22-25-10-12-26(13-11-25)23-44(21-7-5-2)33(38)42-31(36)40-29-18-14-27(34)15-19-29/h8-19H,4-7,20-23H2,1-3H3,(H4,35,37,39,41)(H4,36,38,40,42). The number of unbranched alkanes of at least 4 members (excludes halogenated alkanes) is 2. The zero-order chi connectivity index (χ0) is 31.9. The fraction of sp³-hybridized carbons (Fsp3) is 0.333. The van der Waals surface area contributed by atoms with Crippen LogP contribution in [-0.4, -0.2) is 46.7 Å². The summed E-state index contributed by atoms with van der Waals surface area (Å²) >= 11 is 5.95. The first-order chi connectivity index (χ1) is 21.2. The number of rotatable bonds is 12. The van der Waals surface area contributed by atoms with E-state index in [1.165, 1.54) is 0 Å². The summed E-state index contributed by atoms with van der Waals surface area (Å²) in [6, 6.07) is 23.0. The molecule has 3 aromatic carbocycles. The van der Waals surface area contributed by atoms with Crippen molar-refractivity contribution in [3.63, 3.8) is 0 Å². The Kier molecular flexibility index (Phi) is 13.5. The van der Waals surface area contributed by atoms with Gasteiger partial charge in [0.05, 0.1) is 0 Å². The third-order valence-corrected chi connectivity index (χ3v) is 7.14. The van der Waals surface area contributed by atoms with Gasteiger partial charge in [-0.1, -0.05) is 80.3 Å². The van der Waals surface area contributed by atoms with E-state index in [9.17, 15) is 0 Å². The Hall–Kier alpha value is -4.57. The van der Waals surface area contributed by atoms with Gasteiger partial charge in [0.15, 0.2) is 23.8 Å². The molecule has 0 fully saturated rings. The second kappa shape index (κ2) is 17.5. The first-order valence-electron chi connectivity index (χ1n) is 15.0. The molecule has 0 aliphatic heterocycles. The van der Waals surface area contributed by atoms with E-state index in [2.05, 4.69) is 59.4 Å². The summed E-state index contributed by atoms with van der Waals surface area (Å²) in [6.07, 6.45) is 3.86. The Morgan fingerprint density at radius 1 is 0.614 bits per heavy atom. The van der Waals surface area contributed by atoms with E-state index >= 15 is 0 Å². The molecule has 0 amide bonds. The molecule has 8 N–H and O–H groups in total. The highest BCUT2D eigenvalue weighted by Crippen LogP contribution is 2.14. The van der Waals surface area contributed by atoms with Gasteiger partial charge >= 0.3 is 0 Å². The molecule has 11 heteroatoms. The molecule has 0 unspecified atom stereocenters. The van der Waals surface area contributed by atoms with Gasteiger partial charge in [0.2, 0.25) is 0 Å². The van der Waals surface area contributed by atoms with Crippen molar-refractivity contribution in [3.8, 4) is 0 Å². The first-order valence-corrected chi connectivity index (χ1v) is 15.4. The number of hydrogen-bond acceptors (Lipinski definition) is 4. The summed E-state index contributed by atoms with van der Waals surface area (Å²) in [5.41, 5.74) is 4.75. The van der Waals surface area contributed by atoms with Gasteiger partial charge in [-0.3, -0.25) is 32.3 Å². The van der Waals surface area contributed by atoms with Gasteiger partial charge in [0.1, 0.15) is 0 Å². The van der Waals surface area contributed by atoms with Crippen LogP contribution in [0.3, 0.4) is 0 Å².